The number of ether oxygens (including phenoxy) is 4. The number of aliphatic hydroxyl groups excluding tert-OH is 2. The molecule has 13 nitrogen and oxygen atoms in total. The van der Waals surface area contributed by atoms with Crippen LogP contribution in [0.2, 0.25) is 0 Å². The Morgan fingerprint density at radius 1 is 0.932 bits per heavy atom. The van der Waals surface area contributed by atoms with Gasteiger partial charge in [-0.15, -0.1) is 0 Å². The van der Waals surface area contributed by atoms with Crippen LogP contribution in [0.5, 0.6) is 0 Å². The number of benzene rings is 3. The molecular weight excluding hydrogens is 757 g/mol. The van der Waals surface area contributed by atoms with Crippen molar-refractivity contribution >= 4 is 29.6 Å². The van der Waals surface area contributed by atoms with Gasteiger partial charge in [0.05, 0.1) is 47.8 Å². The number of nitrogens with one attached hydrogen (secondary N) is 1. The average Bonchev–Trinajstić information content (AvgIpc) is 3.20. The first-order valence-electron chi connectivity index (χ1n) is 20.0. The molecule has 0 bridgehead atoms. The van der Waals surface area contributed by atoms with E-state index in [4.69, 9.17) is 24.7 Å². The molecule has 6 rings (SSSR count). The molecule has 0 aromatic heterocycles. The highest BCUT2D eigenvalue weighted by Gasteiger charge is 2.73. The largest absolute Gasteiger partial charge is 0.462 e. The lowest BCUT2D eigenvalue weighted by molar-refractivity contribution is -0.330. The minimum Gasteiger partial charge on any atom is -0.462 e. The second kappa shape index (κ2) is 17.5. The van der Waals surface area contributed by atoms with Crippen molar-refractivity contribution in [3.05, 3.63) is 119 Å². The van der Waals surface area contributed by atoms with Crippen LogP contribution < -0.4 is 11.1 Å². The van der Waals surface area contributed by atoms with Crippen LogP contribution in [0.3, 0.4) is 0 Å². The first kappa shape index (κ1) is 43.2. The number of aliphatic hydroxyl groups is 2. The number of esters is 3. The predicted octanol–water partition coefficient (Wildman–Crippen LogP) is 5.00. The highest BCUT2D eigenvalue weighted by molar-refractivity contribution is 6.01. The van der Waals surface area contributed by atoms with Gasteiger partial charge in [-0.05, 0) is 54.2 Å². The Morgan fingerprint density at radius 3 is 2.08 bits per heavy atom. The molecule has 314 valence electrons. The zero-order chi connectivity index (χ0) is 42.7. The minimum absolute atomic E-state index is 0.0240. The lowest BCUT2D eigenvalue weighted by Crippen LogP contribution is -2.77. The van der Waals surface area contributed by atoms with Gasteiger partial charge in [0.2, 0.25) is 0 Å². The Labute approximate surface area is 344 Å². The van der Waals surface area contributed by atoms with E-state index in [1.165, 1.54) is 6.92 Å². The summed E-state index contributed by atoms with van der Waals surface area (Å²) in [6.45, 7) is 7.76. The van der Waals surface area contributed by atoms with E-state index in [-0.39, 0.29) is 56.1 Å². The smallest absolute Gasteiger partial charge is 0.338 e. The molecule has 3 aliphatic rings. The van der Waals surface area contributed by atoms with Crippen LogP contribution in [0.15, 0.2) is 102 Å². The SMILES string of the molecule is CC(=O)OC12COC1CC(O)C1(C)C(=O)C(N)=C(C(C)C(CCO)OC(=O)CC(NC(=O)c3ccccc3)c3ccccc3)C(C)(C)CC(OC(=O)c3ccccc3)C21. The highest BCUT2D eigenvalue weighted by atomic mass is 16.6. The summed E-state index contributed by atoms with van der Waals surface area (Å²) in [5.74, 6) is -4.87. The molecule has 1 amide bonds. The Hall–Kier alpha value is -5.37. The standard InChI is InChI=1S/C46H54N2O11/c1-27(33(21-22-49)57-37(52)23-32(29-15-9-6-10-16-29)48-42(54)30-17-11-7-12-18-30)38-39(47)41(53)45(5)35(51)24-36-46(26-56-36,59-28(2)50)40(45)34(25-44(38,3)4)58-43(55)31-19-13-8-14-20-31/h6-20,27,32-36,40,49,51H,21-26,47H2,1-5H3,(H,48,54). The zero-order valence-corrected chi connectivity index (χ0v) is 34.1. The molecule has 9 atom stereocenters. The summed E-state index contributed by atoms with van der Waals surface area (Å²) >= 11 is 0. The maximum Gasteiger partial charge on any atom is 0.338 e. The fourth-order valence-corrected chi connectivity index (χ4v) is 9.64. The number of allylic oxidation sites excluding steroid dienone is 1. The normalized spacial score (nSPS) is 27.5. The minimum atomic E-state index is -1.74. The number of amides is 1. The molecule has 59 heavy (non-hydrogen) atoms. The summed E-state index contributed by atoms with van der Waals surface area (Å²) < 4.78 is 24.4. The maximum absolute atomic E-state index is 15.1. The van der Waals surface area contributed by atoms with Crippen LogP contribution in [0.4, 0.5) is 0 Å². The summed E-state index contributed by atoms with van der Waals surface area (Å²) in [5, 5.41) is 25.1. The van der Waals surface area contributed by atoms with Crippen molar-refractivity contribution in [1.82, 2.24) is 5.32 Å². The summed E-state index contributed by atoms with van der Waals surface area (Å²) in [6.07, 6.45) is -4.54. The molecule has 0 radical (unpaired) electrons. The maximum atomic E-state index is 15.1. The Morgan fingerprint density at radius 2 is 1.53 bits per heavy atom. The fourth-order valence-electron chi connectivity index (χ4n) is 9.64. The van der Waals surface area contributed by atoms with Gasteiger partial charge < -0.3 is 40.2 Å². The quantitative estimate of drug-likeness (QED) is 0.133. The molecule has 9 unspecified atom stereocenters. The van der Waals surface area contributed by atoms with E-state index in [2.05, 4.69) is 5.32 Å². The molecule has 1 aliphatic heterocycles. The molecule has 1 heterocycles. The van der Waals surface area contributed by atoms with Crippen molar-refractivity contribution < 1.29 is 53.1 Å². The fraction of sp³-hybridized carbons (Fsp3) is 0.457. The average molecular weight is 811 g/mol. The van der Waals surface area contributed by atoms with Crippen LogP contribution in [0.25, 0.3) is 0 Å². The first-order valence-corrected chi connectivity index (χ1v) is 20.0. The summed E-state index contributed by atoms with van der Waals surface area (Å²) in [5.41, 5.74) is 4.29. The number of carbonyl (C=O) groups is 5. The van der Waals surface area contributed by atoms with Crippen molar-refractivity contribution in [1.29, 1.82) is 0 Å². The lowest BCUT2D eigenvalue weighted by Gasteiger charge is -2.63. The number of ketones is 1. The number of hydrogen-bond donors (Lipinski definition) is 4. The van der Waals surface area contributed by atoms with Crippen molar-refractivity contribution in [2.75, 3.05) is 13.2 Å². The summed E-state index contributed by atoms with van der Waals surface area (Å²) in [6, 6.07) is 25.2. The highest BCUT2D eigenvalue weighted by Crippen LogP contribution is 2.60. The lowest BCUT2D eigenvalue weighted by atomic mass is 9.49. The summed E-state index contributed by atoms with van der Waals surface area (Å²) in [7, 11) is 0. The van der Waals surface area contributed by atoms with Gasteiger partial charge in [-0.1, -0.05) is 87.5 Å². The van der Waals surface area contributed by atoms with Crippen molar-refractivity contribution in [3.8, 4) is 0 Å². The molecule has 5 N–H and O–H groups in total. The van der Waals surface area contributed by atoms with Gasteiger partial charge in [-0.2, -0.15) is 0 Å². The van der Waals surface area contributed by atoms with Crippen LogP contribution in [0, 0.1) is 22.7 Å². The molecule has 3 aromatic carbocycles. The number of carbonyl (C=O) groups excluding carboxylic acids is 5. The summed E-state index contributed by atoms with van der Waals surface area (Å²) in [4.78, 5) is 68.9. The molecule has 1 saturated carbocycles. The van der Waals surface area contributed by atoms with Crippen LogP contribution in [-0.2, 0) is 33.3 Å². The second-order valence-corrected chi connectivity index (χ2v) is 16.8. The van der Waals surface area contributed by atoms with E-state index in [0.717, 1.165) is 0 Å². The molecular formula is C46H54N2O11. The zero-order valence-electron chi connectivity index (χ0n) is 34.1. The monoisotopic (exact) mass is 810 g/mol. The van der Waals surface area contributed by atoms with Gasteiger partial charge in [-0.3, -0.25) is 19.2 Å². The van der Waals surface area contributed by atoms with Gasteiger partial charge >= 0.3 is 17.9 Å². The van der Waals surface area contributed by atoms with Crippen LogP contribution in [0.1, 0.15) is 92.6 Å². The molecule has 3 aromatic rings. The van der Waals surface area contributed by atoms with Gasteiger partial charge in [0.25, 0.3) is 5.91 Å². The third-order valence-electron chi connectivity index (χ3n) is 12.4. The van der Waals surface area contributed by atoms with Gasteiger partial charge in [0.1, 0.15) is 18.3 Å². The predicted molar refractivity (Wildman–Crippen MR) is 215 cm³/mol. The number of rotatable bonds is 13. The van der Waals surface area contributed by atoms with Crippen molar-refractivity contribution in [3.63, 3.8) is 0 Å². The van der Waals surface area contributed by atoms with Gasteiger partial charge in [-0.25, -0.2) is 4.79 Å². The van der Waals surface area contributed by atoms with Crippen molar-refractivity contribution in [2.45, 2.75) is 96.4 Å². The van der Waals surface area contributed by atoms with Crippen molar-refractivity contribution in [2.24, 2.45) is 28.4 Å². The van der Waals surface area contributed by atoms with E-state index >= 15 is 4.79 Å². The third kappa shape index (κ3) is 8.55. The number of Topliss-reactive ketones (excluding diaryl/α,β-unsaturated/α-hetero) is 1. The Balaban J connectivity index is 1.37. The van der Waals surface area contributed by atoms with Gasteiger partial charge in [0, 0.05) is 37.9 Å². The topological polar surface area (TPSA) is 201 Å². The molecule has 2 aliphatic carbocycles. The Bertz CT molecular complexity index is 2060. The molecule has 13 heteroatoms. The van der Waals surface area contributed by atoms with E-state index in [1.54, 1.807) is 98.8 Å². The second-order valence-electron chi connectivity index (χ2n) is 16.8. The molecule has 1 saturated heterocycles. The number of hydrogen-bond acceptors (Lipinski definition) is 12. The van der Waals surface area contributed by atoms with E-state index in [0.29, 0.717) is 16.7 Å². The first-order chi connectivity index (χ1) is 28.0. The number of nitrogens with two attached hydrogens (primary N) is 1. The Kier molecular flexibility index (Phi) is 12.8. The van der Waals surface area contributed by atoms with Gasteiger partial charge in [0.15, 0.2) is 11.4 Å². The molecule has 0 spiro atoms. The van der Waals surface area contributed by atoms with Crippen LogP contribution in [-0.4, -0.2) is 83.0 Å². The third-order valence-corrected chi connectivity index (χ3v) is 12.4. The van der Waals surface area contributed by atoms with E-state index < -0.39 is 82.4 Å². The van der Waals surface area contributed by atoms with Crippen LogP contribution >= 0.6 is 0 Å². The van der Waals surface area contributed by atoms with E-state index in [9.17, 15) is 29.4 Å². The van der Waals surface area contributed by atoms with E-state index in [1.807, 2.05) is 19.9 Å². The molecule has 2 fully saturated rings. The number of fused-ring (bicyclic) bond motifs is 3.